The number of ketones is 1. The molecule has 0 aliphatic carbocycles. The summed E-state index contributed by atoms with van der Waals surface area (Å²) in [6.45, 7) is 13.2. The molecule has 11 heteroatoms. The minimum Gasteiger partial charge on any atom is -0.507 e. The van der Waals surface area contributed by atoms with Crippen molar-refractivity contribution in [1.82, 2.24) is 4.98 Å². The van der Waals surface area contributed by atoms with Gasteiger partial charge in [0.15, 0.2) is 16.6 Å². The summed E-state index contributed by atoms with van der Waals surface area (Å²) in [6.07, 6.45) is 3.66. The van der Waals surface area contributed by atoms with Gasteiger partial charge >= 0.3 is 11.9 Å². The number of amides is 1. The van der Waals surface area contributed by atoms with Crippen LogP contribution in [0, 0.1) is 6.92 Å². The number of rotatable bonds is 11. The molecular weight excluding hydrogens is 584 g/mol. The van der Waals surface area contributed by atoms with Gasteiger partial charge in [0.1, 0.15) is 35.7 Å². The first-order valence-electron chi connectivity index (χ1n) is 14.0. The van der Waals surface area contributed by atoms with Gasteiger partial charge in [-0.15, -0.1) is 0 Å². The van der Waals surface area contributed by atoms with Crippen LogP contribution in [-0.2, 0) is 20.7 Å². The number of nitrogens with zero attached hydrogens (tertiary/aromatic N) is 2. The molecule has 1 N–H and O–H groups in total. The Morgan fingerprint density at radius 2 is 1.91 bits per heavy atom. The summed E-state index contributed by atoms with van der Waals surface area (Å²) in [5, 5.41) is 11.8. The number of carbonyl (C=O) groups excluding carboxylic acids is 3. The quantitative estimate of drug-likeness (QED) is 0.0949. The number of Topliss-reactive ketones (excluding diaryl/α,β-unsaturated/α-hetero) is 1. The van der Waals surface area contributed by atoms with Crippen molar-refractivity contribution in [2.24, 2.45) is 0 Å². The molecule has 0 radical (unpaired) electrons. The number of ether oxygens (including phenoxy) is 4. The van der Waals surface area contributed by atoms with E-state index in [2.05, 4.69) is 18.1 Å². The number of benzene rings is 2. The number of aromatic nitrogens is 1. The lowest BCUT2D eigenvalue weighted by molar-refractivity contribution is -0.132. The van der Waals surface area contributed by atoms with E-state index in [0.29, 0.717) is 47.1 Å². The fourth-order valence-electron chi connectivity index (χ4n) is 5.18. The van der Waals surface area contributed by atoms with E-state index in [-0.39, 0.29) is 40.7 Å². The van der Waals surface area contributed by atoms with Gasteiger partial charge in [-0.1, -0.05) is 42.7 Å². The Labute approximate surface area is 258 Å². The predicted molar refractivity (Wildman–Crippen MR) is 166 cm³/mol. The summed E-state index contributed by atoms with van der Waals surface area (Å²) >= 11 is 0.919. The van der Waals surface area contributed by atoms with Crippen LogP contribution in [0.2, 0.25) is 0 Å². The molecule has 10 nitrogen and oxygen atoms in total. The third kappa shape index (κ3) is 5.70. The summed E-state index contributed by atoms with van der Waals surface area (Å²) in [7, 11) is 0. The van der Waals surface area contributed by atoms with Gasteiger partial charge in [-0.3, -0.25) is 14.5 Å². The Hall–Kier alpha value is -4.90. The first kappa shape index (κ1) is 30.6. The van der Waals surface area contributed by atoms with Crippen LogP contribution < -0.4 is 19.1 Å². The molecule has 2 aliphatic rings. The molecule has 1 aromatic heterocycles. The van der Waals surface area contributed by atoms with E-state index in [4.69, 9.17) is 18.9 Å². The molecule has 0 unspecified atom stereocenters. The fourth-order valence-corrected chi connectivity index (χ4v) is 6.16. The summed E-state index contributed by atoms with van der Waals surface area (Å²) in [5.41, 5.74) is 1.91. The zero-order valence-electron chi connectivity index (χ0n) is 24.6. The third-order valence-corrected chi connectivity index (χ3v) is 8.20. The normalized spacial score (nSPS) is 18.5. The van der Waals surface area contributed by atoms with E-state index in [1.165, 1.54) is 11.0 Å². The highest BCUT2D eigenvalue weighted by Gasteiger charge is 2.49. The average molecular weight is 617 g/mol. The number of fused-ring (bicyclic) bond motifs is 1. The Kier molecular flexibility index (Phi) is 8.86. The fraction of sp³-hybridized carbons (Fsp3) is 0.273. The molecule has 0 spiro atoms. The molecule has 3 aromatic rings. The maximum Gasteiger partial charge on any atom is 0.350 e. The highest BCUT2D eigenvalue weighted by molar-refractivity contribution is 7.17. The van der Waals surface area contributed by atoms with Crippen LogP contribution in [0.25, 0.3) is 5.76 Å². The molecule has 2 aliphatic heterocycles. The lowest BCUT2D eigenvalue weighted by atomic mass is 9.94. The molecule has 1 fully saturated rings. The summed E-state index contributed by atoms with van der Waals surface area (Å²) in [6, 6.07) is 9.07. The molecule has 2 atom stereocenters. The van der Waals surface area contributed by atoms with Gasteiger partial charge in [-0.25, -0.2) is 9.78 Å². The Bertz CT molecular complexity index is 1690. The molecule has 1 amide bonds. The maximum atomic E-state index is 13.7. The number of carbonyl (C=O) groups is 3. The predicted octanol–water partition coefficient (Wildman–Crippen LogP) is 5.71. The van der Waals surface area contributed by atoms with Crippen molar-refractivity contribution in [2.45, 2.75) is 39.3 Å². The van der Waals surface area contributed by atoms with Crippen LogP contribution in [0.1, 0.15) is 51.9 Å². The van der Waals surface area contributed by atoms with Gasteiger partial charge < -0.3 is 24.1 Å². The van der Waals surface area contributed by atoms with Gasteiger partial charge in [0, 0.05) is 12.0 Å². The van der Waals surface area contributed by atoms with Gasteiger partial charge in [-0.05, 0) is 62.2 Å². The molecule has 44 heavy (non-hydrogen) atoms. The van der Waals surface area contributed by atoms with Crippen molar-refractivity contribution < 1.29 is 38.4 Å². The average Bonchev–Trinajstić information content (AvgIpc) is 3.66. The van der Waals surface area contributed by atoms with Crippen LogP contribution in [0.3, 0.4) is 0 Å². The van der Waals surface area contributed by atoms with Crippen molar-refractivity contribution in [2.75, 3.05) is 24.7 Å². The smallest absolute Gasteiger partial charge is 0.350 e. The van der Waals surface area contributed by atoms with Crippen LogP contribution in [-0.4, -0.2) is 53.7 Å². The zero-order chi connectivity index (χ0) is 31.5. The molecule has 0 bridgehead atoms. The van der Waals surface area contributed by atoms with Crippen LogP contribution in [0.4, 0.5) is 5.13 Å². The van der Waals surface area contributed by atoms with Crippen molar-refractivity contribution in [3.63, 3.8) is 0 Å². The topological polar surface area (TPSA) is 124 Å². The van der Waals surface area contributed by atoms with Gasteiger partial charge in [0.05, 0.1) is 23.9 Å². The van der Waals surface area contributed by atoms with Crippen LogP contribution in [0.5, 0.6) is 17.2 Å². The molecule has 228 valence electrons. The molecule has 0 saturated carbocycles. The minimum absolute atomic E-state index is 0.00109. The first-order valence-corrected chi connectivity index (χ1v) is 14.9. The number of aryl methyl sites for hydroxylation is 1. The Balaban J connectivity index is 1.68. The SMILES string of the molecule is C=CCOC(=O)c1sc(N2C(=O)C(=O)/C(=C(/O)c3ccc4c(c3)C[C@H](C)O4)[C@@H]2c2ccc(OCC=C)c(OCC)c2)nc1C. The summed E-state index contributed by atoms with van der Waals surface area (Å²) < 4.78 is 22.6. The molecule has 1 saturated heterocycles. The van der Waals surface area contributed by atoms with E-state index in [1.54, 1.807) is 49.4 Å². The number of anilines is 1. The van der Waals surface area contributed by atoms with E-state index in [0.717, 1.165) is 16.9 Å². The standard InChI is InChI=1S/C33H32N2O8S/c1-6-13-41-24-12-9-20(17-25(24)40-8-3)27-26(28(36)21-10-11-23-22(16-21)15-18(4)43-23)29(37)31(38)35(27)33-34-19(5)30(44-33)32(39)42-14-7-2/h6-7,9-12,16-18,27,36H,1-2,8,13-15H2,3-5H3/b28-26+/t18-,27-/m0/s1. The number of thiazole rings is 1. The number of hydrogen-bond donors (Lipinski definition) is 1. The number of aliphatic hydroxyl groups excluding tert-OH is 1. The lowest BCUT2D eigenvalue weighted by Gasteiger charge is -2.24. The maximum absolute atomic E-state index is 13.7. The second-order valence-electron chi connectivity index (χ2n) is 10.2. The highest BCUT2D eigenvalue weighted by Crippen LogP contribution is 2.46. The molecular formula is C33H32N2O8S. The summed E-state index contributed by atoms with van der Waals surface area (Å²) in [4.78, 5) is 46.0. The molecule has 2 aromatic carbocycles. The number of aliphatic hydroxyl groups is 1. The van der Waals surface area contributed by atoms with Gasteiger partial charge in [0.2, 0.25) is 0 Å². The minimum atomic E-state index is -1.10. The van der Waals surface area contributed by atoms with Gasteiger partial charge in [-0.2, -0.15) is 0 Å². The second kappa shape index (κ2) is 12.8. The van der Waals surface area contributed by atoms with Crippen LogP contribution >= 0.6 is 11.3 Å². The van der Waals surface area contributed by atoms with Crippen LogP contribution in [0.15, 0.2) is 67.3 Å². The molecule has 5 rings (SSSR count). The van der Waals surface area contributed by atoms with Crippen molar-refractivity contribution in [3.05, 3.63) is 94.5 Å². The molecule has 3 heterocycles. The van der Waals surface area contributed by atoms with Crippen molar-refractivity contribution >= 4 is 39.9 Å². The van der Waals surface area contributed by atoms with E-state index in [9.17, 15) is 19.5 Å². The van der Waals surface area contributed by atoms with E-state index < -0.39 is 23.7 Å². The van der Waals surface area contributed by atoms with Crippen molar-refractivity contribution in [3.8, 4) is 17.2 Å². The first-order chi connectivity index (χ1) is 21.2. The van der Waals surface area contributed by atoms with E-state index in [1.807, 2.05) is 13.8 Å². The van der Waals surface area contributed by atoms with Gasteiger partial charge in [0.25, 0.3) is 5.78 Å². The monoisotopic (exact) mass is 616 g/mol. The highest BCUT2D eigenvalue weighted by atomic mass is 32.1. The third-order valence-electron chi connectivity index (χ3n) is 7.06. The Morgan fingerprint density at radius 3 is 2.64 bits per heavy atom. The van der Waals surface area contributed by atoms with E-state index >= 15 is 0 Å². The number of esters is 1. The van der Waals surface area contributed by atoms with Crippen molar-refractivity contribution in [1.29, 1.82) is 0 Å². The zero-order valence-corrected chi connectivity index (χ0v) is 25.4. The largest absolute Gasteiger partial charge is 0.507 e. The number of hydrogen-bond acceptors (Lipinski definition) is 10. The Morgan fingerprint density at radius 1 is 1.14 bits per heavy atom. The second-order valence-corrected chi connectivity index (χ2v) is 11.1. The summed E-state index contributed by atoms with van der Waals surface area (Å²) in [5.74, 6) is -1.25. The lowest BCUT2D eigenvalue weighted by Crippen LogP contribution is -2.29.